The van der Waals surface area contributed by atoms with Crippen LogP contribution >= 0.6 is 0 Å². The quantitative estimate of drug-likeness (QED) is 0.787. The fourth-order valence-electron chi connectivity index (χ4n) is 3.20. The van der Waals surface area contributed by atoms with Gasteiger partial charge in [-0.15, -0.1) is 0 Å². The van der Waals surface area contributed by atoms with Crippen LogP contribution in [0.2, 0.25) is 0 Å². The third-order valence-corrected chi connectivity index (χ3v) is 5.17. The Morgan fingerprint density at radius 1 is 1.10 bits per heavy atom. The number of likely N-dealkylation sites (N-methyl/N-ethyl adjacent to an activating group) is 1. The number of benzene rings is 2. The van der Waals surface area contributed by atoms with Crippen LogP contribution in [0.25, 0.3) is 0 Å². The van der Waals surface area contributed by atoms with Crippen LogP contribution in [0.1, 0.15) is 18.1 Å². The number of carbonyl (C=O) groups excluding carboxylic acids is 2. The van der Waals surface area contributed by atoms with E-state index in [0.717, 1.165) is 23.4 Å². The van der Waals surface area contributed by atoms with Crippen LogP contribution in [-0.4, -0.2) is 55.0 Å². The molecule has 1 aliphatic rings. The van der Waals surface area contributed by atoms with E-state index in [2.05, 4.69) is 22.5 Å². The number of rotatable bonds is 6. The number of hydrogen-bond donors (Lipinski definition) is 2. The summed E-state index contributed by atoms with van der Waals surface area (Å²) in [5.74, 6) is 0.928. The number of anilines is 1. The van der Waals surface area contributed by atoms with E-state index < -0.39 is 0 Å². The first kappa shape index (κ1) is 20.7. The van der Waals surface area contributed by atoms with Crippen LogP contribution in [0, 0.1) is 0 Å². The molecule has 1 unspecified atom stereocenters. The van der Waals surface area contributed by atoms with Gasteiger partial charge >= 0.3 is 6.03 Å². The smallest absolute Gasteiger partial charge is 0.319 e. The molecule has 3 rings (SSSR count). The van der Waals surface area contributed by atoms with E-state index in [0.29, 0.717) is 31.4 Å². The molecule has 3 amide bonds. The van der Waals surface area contributed by atoms with Gasteiger partial charge in [0.05, 0.1) is 13.7 Å². The van der Waals surface area contributed by atoms with Crippen LogP contribution in [0.15, 0.2) is 48.5 Å². The Bertz CT molecular complexity index is 836. The van der Waals surface area contributed by atoms with Crippen LogP contribution in [0.5, 0.6) is 5.75 Å². The van der Waals surface area contributed by atoms with Gasteiger partial charge in [0.2, 0.25) is 5.91 Å². The van der Waals surface area contributed by atoms with E-state index in [4.69, 9.17) is 4.74 Å². The highest BCUT2D eigenvalue weighted by atomic mass is 16.5. The standard InChI is InChI=1S/C22H28N4O3/c1-16-13-26(21(27)15-25(16)2)14-18-4-8-19(9-5-18)24-22(28)23-12-17-6-10-20(29-3)11-7-17/h4-11,16H,12-15H2,1-3H3,(H2,23,24,28). The summed E-state index contributed by atoms with van der Waals surface area (Å²) < 4.78 is 5.12. The number of nitrogens with zero attached hydrogens (tertiary/aromatic N) is 2. The number of urea groups is 1. The molecule has 29 heavy (non-hydrogen) atoms. The lowest BCUT2D eigenvalue weighted by Crippen LogP contribution is -2.53. The number of methoxy groups -OCH3 is 1. The predicted octanol–water partition coefficient (Wildman–Crippen LogP) is 2.68. The van der Waals surface area contributed by atoms with Crippen molar-refractivity contribution in [3.05, 3.63) is 59.7 Å². The van der Waals surface area contributed by atoms with E-state index in [1.165, 1.54) is 0 Å². The van der Waals surface area contributed by atoms with Gasteiger partial charge in [0.25, 0.3) is 0 Å². The summed E-state index contributed by atoms with van der Waals surface area (Å²) in [4.78, 5) is 28.3. The molecule has 1 heterocycles. The minimum absolute atomic E-state index is 0.144. The van der Waals surface area contributed by atoms with Crippen molar-refractivity contribution in [1.29, 1.82) is 0 Å². The lowest BCUT2D eigenvalue weighted by atomic mass is 10.1. The molecule has 0 bridgehead atoms. The average Bonchev–Trinajstić information content (AvgIpc) is 2.72. The summed E-state index contributed by atoms with van der Waals surface area (Å²) in [6, 6.07) is 15.2. The number of carbonyl (C=O) groups is 2. The van der Waals surface area contributed by atoms with Gasteiger partial charge in [-0.05, 0) is 49.4 Å². The molecule has 0 aromatic heterocycles. The molecule has 7 nitrogen and oxygen atoms in total. The van der Waals surface area contributed by atoms with E-state index >= 15 is 0 Å². The number of piperazine rings is 1. The summed E-state index contributed by atoms with van der Waals surface area (Å²) in [5, 5.41) is 5.66. The van der Waals surface area contributed by atoms with Crippen LogP contribution < -0.4 is 15.4 Å². The highest BCUT2D eigenvalue weighted by molar-refractivity contribution is 5.89. The first-order chi connectivity index (χ1) is 13.9. The van der Waals surface area contributed by atoms with Crippen molar-refractivity contribution in [2.75, 3.05) is 32.6 Å². The maximum Gasteiger partial charge on any atom is 0.319 e. The molecule has 1 saturated heterocycles. The Morgan fingerprint density at radius 3 is 2.41 bits per heavy atom. The van der Waals surface area contributed by atoms with E-state index in [-0.39, 0.29) is 11.9 Å². The third kappa shape index (κ3) is 5.71. The number of amides is 3. The molecule has 0 radical (unpaired) electrons. The van der Waals surface area contributed by atoms with E-state index in [1.807, 2.05) is 60.5 Å². The molecule has 2 aromatic rings. The first-order valence-corrected chi connectivity index (χ1v) is 9.69. The summed E-state index contributed by atoms with van der Waals surface area (Å²) in [6.45, 7) is 4.31. The predicted molar refractivity (Wildman–Crippen MR) is 113 cm³/mol. The maximum atomic E-state index is 12.2. The first-order valence-electron chi connectivity index (χ1n) is 9.69. The largest absolute Gasteiger partial charge is 0.497 e. The highest BCUT2D eigenvalue weighted by Gasteiger charge is 2.26. The van der Waals surface area contributed by atoms with Crippen LogP contribution in [-0.2, 0) is 17.9 Å². The zero-order valence-corrected chi connectivity index (χ0v) is 17.1. The third-order valence-electron chi connectivity index (χ3n) is 5.17. The van der Waals surface area contributed by atoms with Gasteiger partial charge < -0.3 is 20.3 Å². The van der Waals surface area contributed by atoms with Gasteiger partial charge in [0.15, 0.2) is 0 Å². The second kappa shape index (κ2) is 9.43. The topological polar surface area (TPSA) is 73.9 Å². The van der Waals surface area contributed by atoms with Gasteiger partial charge in [0.1, 0.15) is 5.75 Å². The molecule has 2 N–H and O–H groups in total. The SMILES string of the molecule is COc1ccc(CNC(=O)Nc2ccc(CN3CC(C)N(C)CC3=O)cc2)cc1. The zero-order valence-electron chi connectivity index (χ0n) is 17.1. The van der Waals surface area contributed by atoms with Gasteiger partial charge in [-0.2, -0.15) is 0 Å². The van der Waals surface area contributed by atoms with Crippen molar-refractivity contribution >= 4 is 17.6 Å². The minimum Gasteiger partial charge on any atom is -0.497 e. The lowest BCUT2D eigenvalue weighted by molar-refractivity contribution is -0.138. The van der Waals surface area contributed by atoms with Crippen molar-refractivity contribution < 1.29 is 14.3 Å². The van der Waals surface area contributed by atoms with Crippen molar-refractivity contribution in [2.24, 2.45) is 0 Å². The highest BCUT2D eigenvalue weighted by Crippen LogP contribution is 2.15. The number of nitrogens with one attached hydrogen (secondary N) is 2. The summed E-state index contributed by atoms with van der Waals surface area (Å²) >= 11 is 0. The molecule has 1 atom stereocenters. The van der Waals surface area contributed by atoms with Crippen LogP contribution in [0.3, 0.4) is 0 Å². The Balaban J connectivity index is 1.48. The second-order valence-electron chi connectivity index (χ2n) is 7.39. The summed E-state index contributed by atoms with van der Waals surface area (Å²) in [7, 11) is 3.59. The van der Waals surface area contributed by atoms with Crippen LogP contribution in [0.4, 0.5) is 10.5 Å². The molecule has 2 aromatic carbocycles. The van der Waals surface area contributed by atoms with Gasteiger partial charge in [-0.1, -0.05) is 24.3 Å². The summed E-state index contributed by atoms with van der Waals surface area (Å²) in [5.41, 5.74) is 2.74. The molecule has 0 saturated carbocycles. The van der Waals surface area contributed by atoms with Crippen molar-refractivity contribution in [3.8, 4) is 5.75 Å². The fourth-order valence-corrected chi connectivity index (χ4v) is 3.20. The van der Waals surface area contributed by atoms with E-state index in [9.17, 15) is 9.59 Å². The lowest BCUT2D eigenvalue weighted by Gasteiger charge is -2.37. The molecule has 0 spiro atoms. The maximum absolute atomic E-state index is 12.2. The Hall–Kier alpha value is -3.06. The average molecular weight is 396 g/mol. The number of ether oxygens (including phenoxy) is 1. The molecule has 1 fully saturated rings. The van der Waals surface area contributed by atoms with Crippen molar-refractivity contribution in [1.82, 2.24) is 15.1 Å². The van der Waals surface area contributed by atoms with Gasteiger partial charge in [0, 0.05) is 31.4 Å². The monoisotopic (exact) mass is 396 g/mol. The molecular formula is C22H28N4O3. The van der Waals surface area contributed by atoms with Gasteiger partial charge in [-0.3, -0.25) is 9.69 Å². The molecule has 1 aliphatic heterocycles. The summed E-state index contributed by atoms with van der Waals surface area (Å²) in [6.07, 6.45) is 0. The molecule has 0 aliphatic carbocycles. The molecule has 7 heteroatoms. The molecule has 154 valence electrons. The zero-order chi connectivity index (χ0) is 20.8. The Labute approximate surface area is 171 Å². The van der Waals surface area contributed by atoms with Crippen molar-refractivity contribution in [2.45, 2.75) is 26.1 Å². The van der Waals surface area contributed by atoms with Crippen molar-refractivity contribution in [3.63, 3.8) is 0 Å². The number of hydrogen-bond acceptors (Lipinski definition) is 4. The minimum atomic E-state index is -0.267. The van der Waals surface area contributed by atoms with Gasteiger partial charge in [-0.25, -0.2) is 4.79 Å². The van der Waals surface area contributed by atoms with E-state index in [1.54, 1.807) is 7.11 Å². The Kier molecular flexibility index (Phi) is 6.72. The normalized spacial score (nSPS) is 17.1. The molecular weight excluding hydrogens is 368 g/mol. The fraction of sp³-hybridized carbons (Fsp3) is 0.364. The second-order valence-corrected chi connectivity index (χ2v) is 7.39. The Morgan fingerprint density at radius 2 is 1.76 bits per heavy atom.